The number of carbonyl (C=O) groups excluding carboxylic acids is 2. The second-order valence-corrected chi connectivity index (χ2v) is 6.70. The summed E-state index contributed by atoms with van der Waals surface area (Å²) in [6, 6.07) is 0. The van der Waals surface area contributed by atoms with Gasteiger partial charge in [-0.3, -0.25) is 9.59 Å². The molecule has 0 heterocycles. The van der Waals surface area contributed by atoms with Crippen LogP contribution in [0, 0.1) is 0 Å². The van der Waals surface area contributed by atoms with Crippen molar-refractivity contribution in [1.82, 2.24) is 0 Å². The van der Waals surface area contributed by atoms with E-state index < -0.39 is 0 Å². The Labute approximate surface area is 160 Å². The molecular weight excluding hydrogens is 315 g/mol. The van der Waals surface area contributed by atoms with Gasteiger partial charge in [0.15, 0.2) is 17.4 Å². The molecule has 0 N–H and O–H groups in total. The lowest BCUT2D eigenvalue weighted by Gasteiger charge is -2.04. The molecule has 24 heavy (non-hydrogen) atoms. The third kappa shape index (κ3) is 21.7. The highest BCUT2D eigenvalue weighted by Gasteiger charge is 2.05. The lowest BCUT2D eigenvalue weighted by atomic mass is 10.0. The fraction of sp³-hybridized carbons (Fsp3) is 0.900. The SMILES string of the molecule is CCCCCCCCCCCCCCCCOC(=O)CC(C)=O.[AlH3]. The molecule has 0 radical (unpaired) electrons. The summed E-state index contributed by atoms with van der Waals surface area (Å²) in [6.45, 7) is 4.14. The van der Waals surface area contributed by atoms with E-state index >= 15 is 0 Å². The smallest absolute Gasteiger partial charge is 0.313 e. The number of esters is 1. The molecule has 0 aromatic heterocycles. The molecule has 4 heteroatoms. The van der Waals surface area contributed by atoms with Crippen LogP contribution in [0.2, 0.25) is 0 Å². The van der Waals surface area contributed by atoms with Crippen LogP contribution in [0.4, 0.5) is 0 Å². The fourth-order valence-electron chi connectivity index (χ4n) is 2.74. The first-order chi connectivity index (χ1) is 11.2. The van der Waals surface area contributed by atoms with Gasteiger partial charge in [0.1, 0.15) is 12.2 Å². The van der Waals surface area contributed by atoms with Gasteiger partial charge in [0.25, 0.3) is 0 Å². The van der Waals surface area contributed by atoms with Crippen molar-refractivity contribution < 1.29 is 14.3 Å². The summed E-state index contributed by atoms with van der Waals surface area (Å²) in [6.07, 6.45) is 18.3. The molecule has 0 aliphatic carbocycles. The molecule has 0 bridgehead atoms. The van der Waals surface area contributed by atoms with E-state index in [1.807, 2.05) is 0 Å². The molecule has 142 valence electrons. The van der Waals surface area contributed by atoms with E-state index in [0.29, 0.717) is 6.61 Å². The quantitative estimate of drug-likeness (QED) is 0.163. The summed E-state index contributed by atoms with van der Waals surface area (Å²) in [5, 5.41) is 0. The van der Waals surface area contributed by atoms with Gasteiger partial charge >= 0.3 is 5.97 Å². The van der Waals surface area contributed by atoms with Gasteiger partial charge in [0, 0.05) is 0 Å². The number of unbranched alkanes of at least 4 members (excludes halogenated alkanes) is 13. The average Bonchev–Trinajstić information content (AvgIpc) is 2.50. The number of ether oxygens (including phenoxy) is 1. The van der Waals surface area contributed by atoms with Crippen molar-refractivity contribution >= 4 is 29.1 Å². The second-order valence-electron chi connectivity index (χ2n) is 6.70. The van der Waals surface area contributed by atoms with Gasteiger partial charge in [-0.25, -0.2) is 0 Å². The van der Waals surface area contributed by atoms with E-state index in [1.54, 1.807) is 0 Å². The molecule has 0 unspecified atom stereocenters. The minimum Gasteiger partial charge on any atom is -0.465 e. The summed E-state index contributed by atoms with van der Waals surface area (Å²) in [5.41, 5.74) is 0. The Bertz CT molecular complexity index is 293. The predicted molar refractivity (Wildman–Crippen MR) is 107 cm³/mol. The highest BCUT2D eigenvalue weighted by molar-refractivity contribution is 5.94. The number of rotatable bonds is 17. The molecule has 0 amide bonds. The first kappa shape index (κ1) is 25.9. The Morgan fingerprint density at radius 3 is 1.42 bits per heavy atom. The summed E-state index contributed by atoms with van der Waals surface area (Å²) >= 11 is 0. The third-order valence-corrected chi connectivity index (χ3v) is 4.15. The predicted octanol–water partition coefficient (Wildman–Crippen LogP) is 4.81. The lowest BCUT2D eigenvalue weighted by molar-refractivity contribution is -0.145. The van der Waals surface area contributed by atoms with Gasteiger partial charge < -0.3 is 4.74 Å². The maximum Gasteiger partial charge on any atom is 0.313 e. The van der Waals surface area contributed by atoms with Crippen LogP contribution in [0.25, 0.3) is 0 Å². The molecule has 0 saturated heterocycles. The van der Waals surface area contributed by atoms with Crippen molar-refractivity contribution in [3.8, 4) is 0 Å². The van der Waals surface area contributed by atoms with Crippen molar-refractivity contribution in [2.24, 2.45) is 0 Å². The van der Waals surface area contributed by atoms with Crippen LogP contribution in [0.3, 0.4) is 0 Å². The minimum atomic E-state index is -0.382. The Balaban J connectivity index is 0. The normalized spacial score (nSPS) is 10.2. The number of Topliss-reactive ketones (excluding diaryl/α,β-unsaturated/α-hetero) is 1. The molecule has 0 aliphatic heterocycles. The maximum atomic E-state index is 11.1. The summed E-state index contributed by atoms with van der Waals surface area (Å²) in [7, 11) is 0. The molecule has 0 aromatic rings. The molecule has 0 atom stereocenters. The molecule has 0 rings (SSSR count). The van der Waals surface area contributed by atoms with Crippen LogP contribution in [0.1, 0.15) is 110 Å². The van der Waals surface area contributed by atoms with Crippen molar-refractivity contribution in [2.45, 2.75) is 110 Å². The van der Waals surface area contributed by atoms with Gasteiger partial charge in [-0.2, -0.15) is 0 Å². The fourth-order valence-corrected chi connectivity index (χ4v) is 2.74. The Kier molecular flexibility index (Phi) is 22.4. The van der Waals surface area contributed by atoms with Gasteiger partial charge in [0.2, 0.25) is 0 Å². The Morgan fingerprint density at radius 1 is 0.667 bits per heavy atom. The first-order valence-corrected chi connectivity index (χ1v) is 9.82. The molecule has 3 nitrogen and oxygen atoms in total. The Morgan fingerprint density at radius 2 is 1.04 bits per heavy atom. The first-order valence-electron chi connectivity index (χ1n) is 9.82. The molecule has 0 aromatic carbocycles. The second kappa shape index (κ2) is 20.7. The zero-order chi connectivity index (χ0) is 17.2. The minimum absolute atomic E-state index is 0. The topological polar surface area (TPSA) is 43.4 Å². The van der Waals surface area contributed by atoms with Crippen LogP contribution in [0.5, 0.6) is 0 Å². The average molecular weight is 357 g/mol. The van der Waals surface area contributed by atoms with Crippen molar-refractivity contribution in [1.29, 1.82) is 0 Å². The zero-order valence-electron chi connectivity index (χ0n) is 15.5. The number of hydrogen-bond donors (Lipinski definition) is 0. The lowest BCUT2D eigenvalue weighted by Crippen LogP contribution is -2.09. The molecular formula is C20H41AlO3. The van der Waals surface area contributed by atoms with Crippen LogP contribution in [-0.2, 0) is 14.3 Å². The van der Waals surface area contributed by atoms with Crippen LogP contribution < -0.4 is 0 Å². The molecule has 0 spiro atoms. The van der Waals surface area contributed by atoms with Gasteiger partial charge in [-0.05, 0) is 13.3 Å². The van der Waals surface area contributed by atoms with E-state index in [-0.39, 0.29) is 35.5 Å². The van der Waals surface area contributed by atoms with Crippen LogP contribution in [-0.4, -0.2) is 35.7 Å². The maximum absolute atomic E-state index is 11.1. The van der Waals surface area contributed by atoms with Crippen molar-refractivity contribution in [2.75, 3.05) is 6.61 Å². The highest BCUT2D eigenvalue weighted by Crippen LogP contribution is 2.12. The number of hydrogen-bond acceptors (Lipinski definition) is 3. The summed E-state index contributed by atoms with van der Waals surface area (Å²) < 4.78 is 5.00. The van der Waals surface area contributed by atoms with Crippen molar-refractivity contribution in [3.63, 3.8) is 0 Å². The summed E-state index contributed by atoms with van der Waals surface area (Å²) in [5.74, 6) is -0.511. The Hall–Kier alpha value is -0.328. The zero-order valence-corrected chi connectivity index (χ0v) is 15.5. The summed E-state index contributed by atoms with van der Waals surface area (Å²) in [4.78, 5) is 21.9. The van der Waals surface area contributed by atoms with E-state index in [4.69, 9.17) is 4.74 Å². The molecule has 0 fully saturated rings. The van der Waals surface area contributed by atoms with E-state index in [0.717, 1.165) is 12.8 Å². The van der Waals surface area contributed by atoms with Crippen LogP contribution >= 0.6 is 0 Å². The van der Waals surface area contributed by atoms with E-state index in [2.05, 4.69) is 6.92 Å². The van der Waals surface area contributed by atoms with E-state index in [1.165, 1.54) is 84.0 Å². The van der Waals surface area contributed by atoms with Crippen molar-refractivity contribution in [3.05, 3.63) is 0 Å². The monoisotopic (exact) mass is 356 g/mol. The number of carbonyl (C=O) groups is 2. The van der Waals surface area contributed by atoms with Gasteiger partial charge in [0.05, 0.1) is 6.61 Å². The largest absolute Gasteiger partial charge is 0.465 e. The standard InChI is InChI=1S/C20H38O3.Al.3H/c1-3-4-5-6-7-8-9-10-11-12-13-14-15-16-17-23-20(22)18-19(2)21;;;;/h3-18H2,1-2H3;;;;. The third-order valence-electron chi connectivity index (χ3n) is 4.15. The van der Waals surface area contributed by atoms with Crippen LogP contribution in [0.15, 0.2) is 0 Å². The van der Waals surface area contributed by atoms with Gasteiger partial charge in [-0.1, -0.05) is 90.4 Å². The highest BCUT2D eigenvalue weighted by atomic mass is 27.0. The van der Waals surface area contributed by atoms with Gasteiger partial charge in [-0.15, -0.1) is 0 Å². The van der Waals surface area contributed by atoms with E-state index in [9.17, 15) is 9.59 Å². The molecule has 0 aliphatic rings. The number of ketones is 1. The molecule has 0 saturated carbocycles.